The summed E-state index contributed by atoms with van der Waals surface area (Å²) in [4.78, 5) is 22.7. The van der Waals surface area contributed by atoms with Crippen LogP contribution in [0.5, 0.6) is 0 Å². The largest absolute Gasteiger partial charge is 0.478 e. The number of nitrogens with one attached hydrogen (secondary N) is 1. The third kappa shape index (κ3) is 2.58. The van der Waals surface area contributed by atoms with Gasteiger partial charge in [-0.1, -0.05) is 12.1 Å². The first-order valence-electron chi connectivity index (χ1n) is 11.0. The van der Waals surface area contributed by atoms with Crippen molar-refractivity contribution in [3.05, 3.63) is 64.7 Å². The summed E-state index contributed by atoms with van der Waals surface area (Å²) < 4.78 is 14.4. The minimum atomic E-state index is -0.914. The maximum atomic E-state index is 14.4. The van der Waals surface area contributed by atoms with Crippen molar-refractivity contribution in [3.63, 3.8) is 0 Å². The molecule has 2 aromatic heterocycles. The summed E-state index contributed by atoms with van der Waals surface area (Å²) in [6, 6.07) is 8.45. The molecule has 1 aromatic carbocycles. The molecule has 3 aromatic rings. The van der Waals surface area contributed by atoms with Gasteiger partial charge in [-0.25, -0.2) is 9.18 Å². The zero-order valence-corrected chi connectivity index (χ0v) is 17.9. The lowest BCUT2D eigenvalue weighted by atomic mass is 9.68. The Bertz CT molecular complexity index is 1270. The summed E-state index contributed by atoms with van der Waals surface area (Å²) in [5.74, 6) is -1.24. The molecule has 1 saturated heterocycles. The number of likely N-dealkylation sites (tertiary alicyclic amines) is 1. The number of aromatic carboxylic acids is 1. The number of halogens is 1. The zero-order valence-electron chi connectivity index (χ0n) is 17.9. The number of rotatable bonds is 4. The van der Waals surface area contributed by atoms with E-state index in [0.29, 0.717) is 29.7 Å². The number of hydrogen-bond donors (Lipinski definition) is 3. The maximum absolute atomic E-state index is 14.4. The molecule has 3 aliphatic rings. The molecule has 1 saturated carbocycles. The molecular weight excluding hydrogens is 407 g/mol. The average molecular weight is 432 g/mol. The van der Waals surface area contributed by atoms with Crippen LogP contribution in [0.1, 0.15) is 40.0 Å². The number of H-pyrrole nitrogens is 1. The second-order valence-corrected chi connectivity index (χ2v) is 9.65. The summed E-state index contributed by atoms with van der Waals surface area (Å²) in [5.41, 5.74) is 11.7. The second-order valence-electron chi connectivity index (χ2n) is 9.65. The highest BCUT2D eigenvalue weighted by molar-refractivity contribution is 5.95. The Morgan fingerprint density at radius 2 is 1.97 bits per heavy atom. The number of carbonyl (C=O) groups is 1. The van der Waals surface area contributed by atoms with Crippen molar-refractivity contribution in [2.75, 3.05) is 20.1 Å². The lowest BCUT2D eigenvalue weighted by Crippen LogP contribution is -2.68. The molecule has 0 spiro atoms. The number of aryl methyl sites for hydroxylation is 1. The van der Waals surface area contributed by atoms with Gasteiger partial charge in [0.2, 0.25) is 0 Å². The summed E-state index contributed by atoms with van der Waals surface area (Å²) in [5, 5.41) is 10.2. The molecule has 2 fully saturated rings. The van der Waals surface area contributed by atoms with Crippen molar-refractivity contribution in [1.82, 2.24) is 14.9 Å². The van der Waals surface area contributed by atoms with Crippen molar-refractivity contribution in [2.24, 2.45) is 5.73 Å². The lowest BCUT2D eigenvalue weighted by molar-refractivity contribution is 0.0541. The van der Waals surface area contributed by atoms with Gasteiger partial charge in [0.1, 0.15) is 5.82 Å². The molecule has 0 bridgehead atoms. The smallest absolute Gasteiger partial charge is 0.337 e. The van der Waals surface area contributed by atoms with Crippen molar-refractivity contribution < 1.29 is 14.3 Å². The molecule has 0 amide bonds. The first-order valence-corrected chi connectivity index (χ1v) is 11.0. The highest BCUT2D eigenvalue weighted by atomic mass is 19.1. The van der Waals surface area contributed by atoms with Gasteiger partial charge in [0.25, 0.3) is 0 Å². The number of benzene rings is 1. The number of hydrogen-bond acceptors (Lipinski definition) is 4. The fourth-order valence-corrected chi connectivity index (χ4v) is 5.82. The van der Waals surface area contributed by atoms with Gasteiger partial charge >= 0.3 is 5.97 Å². The number of carboxylic acids is 1. The molecular formula is C25H25FN4O2. The van der Waals surface area contributed by atoms with Crippen LogP contribution >= 0.6 is 0 Å². The quantitative estimate of drug-likeness (QED) is 0.588. The van der Waals surface area contributed by atoms with E-state index in [1.807, 2.05) is 13.1 Å². The lowest BCUT2D eigenvalue weighted by Gasteiger charge is -2.52. The predicted molar refractivity (Wildman–Crippen MR) is 119 cm³/mol. The Hall–Kier alpha value is -3.03. The second kappa shape index (κ2) is 6.49. The van der Waals surface area contributed by atoms with Crippen LogP contribution in [-0.2, 0) is 18.3 Å². The minimum Gasteiger partial charge on any atom is -0.478 e. The minimum absolute atomic E-state index is 0.329. The molecule has 1 aliphatic heterocycles. The Morgan fingerprint density at radius 3 is 2.62 bits per heavy atom. The maximum Gasteiger partial charge on any atom is 0.337 e. The normalized spacial score (nSPS) is 20.2. The molecule has 32 heavy (non-hydrogen) atoms. The number of nitrogens with two attached hydrogens (primary N) is 1. The summed E-state index contributed by atoms with van der Waals surface area (Å²) >= 11 is 0. The van der Waals surface area contributed by atoms with Gasteiger partial charge in [0.15, 0.2) is 0 Å². The molecule has 0 radical (unpaired) electrons. The van der Waals surface area contributed by atoms with Gasteiger partial charge in [-0.2, -0.15) is 0 Å². The third-order valence-corrected chi connectivity index (χ3v) is 7.67. The van der Waals surface area contributed by atoms with Gasteiger partial charge in [-0.3, -0.25) is 4.98 Å². The summed E-state index contributed by atoms with van der Waals surface area (Å²) in [6.45, 7) is 1.49. The number of aromatic nitrogens is 2. The van der Waals surface area contributed by atoms with Crippen molar-refractivity contribution in [2.45, 2.75) is 36.6 Å². The van der Waals surface area contributed by atoms with E-state index >= 15 is 0 Å². The van der Waals surface area contributed by atoms with Crippen molar-refractivity contribution >= 4 is 5.97 Å². The van der Waals surface area contributed by atoms with Crippen molar-refractivity contribution in [3.8, 4) is 22.5 Å². The van der Waals surface area contributed by atoms with E-state index in [-0.39, 0.29) is 16.8 Å². The summed E-state index contributed by atoms with van der Waals surface area (Å²) in [7, 11) is 2.04. The topological polar surface area (TPSA) is 95.2 Å². The number of aromatic amines is 1. The molecule has 164 valence electrons. The van der Waals surface area contributed by atoms with Crippen LogP contribution in [0.3, 0.4) is 0 Å². The molecule has 6 rings (SSSR count). The number of fused-ring (bicyclic) bond motifs is 3. The molecule has 7 heteroatoms. The fraction of sp³-hybridized carbons (Fsp3) is 0.360. The number of carboxylic acid groups (broad SMARTS) is 1. The first-order chi connectivity index (χ1) is 15.3. The van der Waals surface area contributed by atoms with Crippen LogP contribution in [-0.4, -0.2) is 51.6 Å². The van der Waals surface area contributed by atoms with E-state index in [4.69, 9.17) is 5.73 Å². The highest BCUT2D eigenvalue weighted by Crippen LogP contribution is 2.55. The van der Waals surface area contributed by atoms with Crippen molar-refractivity contribution in [1.29, 1.82) is 0 Å². The Kier molecular flexibility index (Phi) is 3.99. The van der Waals surface area contributed by atoms with Gasteiger partial charge in [-0.05, 0) is 62.1 Å². The van der Waals surface area contributed by atoms with Crippen LogP contribution < -0.4 is 5.73 Å². The molecule has 0 atom stereocenters. The SMILES string of the molecule is CN1CC(c2[nH]c3c(c2C(=O)O)CCc2cnc(-c4ccccc4F)cc2-3)(C2(N)CC2)C1. The Labute approximate surface area is 185 Å². The molecule has 6 nitrogen and oxygen atoms in total. The molecule has 3 heterocycles. The standard InChI is InChI=1S/C25H25FN4O2/c1-30-12-24(13-30,25(27)8-9-25)22-20(23(31)32)16-7-6-14-11-28-19(10-17(14)21(16)29-22)15-4-2-3-5-18(15)26/h2-5,10-11,29H,6-9,12-13,27H2,1H3,(H,31,32). The number of pyridine rings is 1. The van der Waals surface area contributed by atoms with Crippen LogP contribution in [0.25, 0.3) is 22.5 Å². The monoisotopic (exact) mass is 432 g/mol. The highest BCUT2D eigenvalue weighted by Gasteiger charge is 2.64. The van der Waals surface area contributed by atoms with Crippen LogP contribution in [0.4, 0.5) is 4.39 Å². The molecule has 2 aliphatic carbocycles. The van der Waals surface area contributed by atoms with E-state index in [0.717, 1.165) is 54.0 Å². The van der Waals surface area contributed by atoms with Crippen LogP contribution in [0, 0.1) is 5.82 Å². The Morgan fingerprint density at radius 1 is 1.22 bits per heavy atom. The fourth-order valence-electron chi connectivity index (χ4n) is 5.82. The average Bonchev–Trinajstić information content (AvgIpc) is 3.37. The Balaban J connectivity index is 1.55. The molecule has 0 unspecified atom stereocenters. The van der Waals surface area contributed by atoms with Crippen LogP contribution in [0.15, 0.2) is 36.5 Å². The summed E-state index contributed by atoms with van der Waals surface area (Å²) in [6.07, 6.45) is 4.93. The van der Waals surface area contributed by atoms with Gasteiger partial charge in [0, 0.05) is 41.6 Å². The van der Waals surface area contributed by atoms with E-state index in [2.05, 4.69) is 14.9 Å². The van der Waals surface area contributed by atoms with Gasteiger partial charge < -0.3 is 20.7 Å². The number of nitrogens with zero attached hydrogens (tertiary/aromatic N) is 2. The van der Waals surface area contributed by atoms with E-state index < -0.39 is 5.97 Å². The number of likely N-dealkylation sites (N-methyl/N-ethyl adjacent to an activating group) is 1. The predicted octanol–water partition coefficient (Wildman–Crippen LogP) is 3.35. The zero-order chi connectivity index (χ0) is 22.3. The van der Waals surface area contributed by atoms with E-state index in [9.17, 15) is 14.3 Å². The molecule has 4 N–H and O–H groups in total. The van der Waals surface area contributed by atoms with Crippen LogP contribution in [0.2, 0.25) is 0 Å². The van der Waals surface area contributed by atoms with Gasteiger partial charge in [-0.15, -0.1) is 0 Å². The third-order valence-electron chi connectivity index (χ3n) is 7.67. The van der Waals surface area contributed by atoms with E-state index in [1.54, 1.807) is 24.4 Å². The van der Waals surface area contributed by atoms with E-state index in [1.165, 1.54) is 6.07 Å². The van der Waals surface area contributed by atoms with Gasteiger partial charge in [0.05, 0.1) is 22.4 Å². The first kappa shape index (κ1) is 19.6.